The highest BCUT2D eigenvalue weighted by Gasteiger charge is 2.25. The van der Waals surface area contributed by atoms with E-state index in [1.54, 1.807) is 0 Å². The molecule has 1 fully saturated rings. The molecule has 1 aromatic rings. The molecule has 0 aromatic carbocycles. The zero-order valence-electron chi connectivity index (χ0n) is 10.8. The maximum absolute atomic E-state index is 5.98. The summed E-state index contributed by atoms with van der Waals surface area (Å²) in [5, 5.41) is 0. The number of likely N-dealkylation sites (N-methyl/N-ethyl adjacent to an activating group) is 1. The van der Waals surface area contributed by atoms with Gasteiger partial charge in [-0.25, -0.2) is 0 Å². The summed E-state index contributed by atoms with van der Waals surface area (Å²) in [5.74, 6) is 0.533. The van der Waals surface area contributed by atoms with Crippen molar-refractivity contribution >= 4 is 17.3 Å². The summed E-state index contributed by atoms with van der Waals surface area (Å²) in [5.41, 5.74) is 3.45. The van der Waals surface area contributed by atoms with Crippen molar-refractivity contribution in [3.8, 4) is 0 Å². The molecule has 0 amide bonds. The van der Waals surface area contributed by atoms with Gasteiger partial charge < -0.3 is 9.80 Å². The second-order valence-corrected chi connectivity index (χ2v) is 5.21. The molecule has 2 heterocycles. The second-order valence-electron chi connectivity index (χ2n) is 4.94. The first-order valence-corrected chi connectivity index (χ1v) is 6.58. The number of aryl methyl sites for hydroxylation is 1. The number of hydrogen-bond donors (Lipinski definition) is 0. The van der Waals surface area contributed by atoms with Gasteiger partial charge in [0.1, 0.15) is 0 Å². The van der Waals surface area contributed by atoms with E-state index in [2.05, 4.69) is 34.9 Å². The minimum Gasteiger partial charge on any atom is -0.370 e. The summed E-state index contributed by atoms with van der Waals surface area (Å²) in [6.07, 6.45) is 3.12. The van der Waals surface area contributed by atoms with Crippen LogP contribution in [0.5, 0.6) is 0 Å². The number of pyridine rings is 1. The van der Waals surface area contributed by atoms with E-state index in [0.717, 1.165) is 24.3 Å². The highest BCUT2D eigenvalue weighted by molar-refractivity contribution is 6.17. The third-order valence-corrected chi connectivity index (χ3v) is 3.76. The second kappa shape index (κ2) is 5.23. The molecular weight excluding hydrogens is 234 g/mol. The summed E-state index contributed by atoms with van der Waals surface area (Å²) in [7, 11) is 4.29. The van der Waals surface area contributed by atoms with E-state index in [-0.39, 0.29) is 0 Å². The largest absolute Gasteiger partial charge is 0.370 e. The van der Waals surface area contributed by atoms with Crippen LogP contribution in [-0.2, 0) is 5.88 Å². The predicted molar refractivity (Wildman–Crippen MR) is 72.8 cm³/mol. The van der Waals surface area contributed by atoms with Crippen LogP contribution in [0.4, 0.5) is 5.69 Å². The van der Waals surface area contributed by atoms with Crippen LogP contribution in [0.25, 0.3) is 0 Å². The van der Waals surface area contributed by atoms with Crippen molar-refractivity contribution in [2.45, 2.75) is 25.3 Å². The van der Waals surface area contributed by atoms with Crippen LogP contribution in [0, 0.1) is 6.92 Å². The van der Waals surface area contributed by atoms with Crippen molar-refractivity contribution in [1.82, 2.24) is 9.88 Å². The zero-order valence-corrected chi connectivity index (χ0v) is 11.5. The normalized spacial score (nSPS) is 20.3. The maximum Gasteiger partial charge on any atom is 0.0509 e. The van der Waals surface area contributed by atoms with Gasteiger partial charge in [-0.05, 0) is 33.5 Å². The van der Waals surface area contributed by atoms with Crippen molar-refractivity contribution < 1.29 is 0 Å². The van der Waals surface area contributed by atoms with Crippen LogP contribution in [0.1, 0.15) is 17.7 Å². The summed E-state index contributed by atoms with van der Waals surface area (Å²) < 4.78 is 0. The zero-order chi connectivity index (χ0) is 12.4. The molecule has 94 valence electrons. The number of alkyl halides is 1. The van der Waals surface area contributed by atoms with Crippen molar-refractivity contribution in [3.63, 3.8) is 0 Å². The fraction of sp³-hybridized carbons (Fsp3) is 0.615. The highest BCUT2D eigenvalue weighted by atomic mass is 35.5. The van der Waals surface area contributed by atoms with Gasteiger partial charge in [0.25, 0.3) is 0 Å². The van der Waals surface area contributed by atoms with E-state index in [1.165, 1.54) is 12.1 Å². The summed E-state index contributed by atoms with van der Waals surface area (Å²) in [6, 6.07) is 2.79. The quantitative estimate of drug-likeness (QED) is 0.771. The van der Waals surface area contributed by atoms with E-state index in [9.17, 15) is 0 Å². The number of hydrogen-bond acceptors (Lipinski definition) is 3. The van der Waals surface area contributed by atoms with E-state index in [4.69, 9.17) is 11.6 Å². The molecule has 0 saturated carbocycles. The molecule has 1 aromatic heterocycles. The molecule has 3 nitrogen and oxygen atoms in total. The number of nitrogens with zero attached hydrogens (tertiary/aromatic N) is 3. The van der Waals surface area contributed by atoms with E-state index >= 15 is 0 Å². The van der Waals surface area contributed by atoms with Crippen LogP contribution in [0.2, 0.25) is 0 Å². The number of halogens is 1. The van der Waals surface area contributed by atoms with Gasteiger partial charge in [0.05, 0.1) is 5.88 Å². The maximum atomic E-state index is 5.98. The highest BCUT2D eigenvalue weighted by Crippen LogP contribution is 2.27. The Kier molecular flexibility index (Phi) is 3.89. The van der Waals surface area contributed by atoms with Gasteiger partial charge in [0, 0.05) is 42.3 Å². The van der Waals surface area contributed by atoms with Crippen LogP contribution in [0.15, 0.2) is 12.3 Å². The Bertz CT molecular complexity index is 392. The molecule has 1 aliphatic heterocycles. The molecule has 0 aliphatic carbocycles. The molecule has 0 radical (unpaired) electrons. The first kappa shape index (κ1) is 12.7. The smallest absolute Gasteiger partial charge is 0.0509 e. The van der Waals surface area contributed by atoms with Crippen molar-refractivity contribution in [3.05, 3.63) is 23.5 Å². The molecule has 1 saturated heterocycles. The van der Waals surface area contributed by atoms with Crippen LogP contribution >= 0.6 is 11.6 Å². The Morgan fingerprint density at radius 3 is 2.88 bits per heavy atom. The topological polar surface area (TPSA) is 19.4 Å². The molecule has 1 atom stereocenters. The fourth-order valence-electron chi connectivity index (χ4n) is 2.35. The van der Waals surface area contributed by atoms with Crippen LogP contribution in [0.3, 0.4) is 0 Å². The first-order valence-electron chi connectivity index (χ1n) is 6.04. The minimum atomic E-state index is 0.533. The van der Waals surface area contributed by atoms with Gasteiger partial charge in [-0.3, -0.25) is 4.98 Å². The molecular formula is C13H20ClN3. The van der Waals surface area contributed by atoms with E-state index in [1.807, 2.05) is 13.1 Å². The number of rotatable bonds is 3. The van der Waals surface area contributed by atoms with Gasteiger partial charge in [-0.15, -0.1) is 11.6 Å². The van der Waals surface area contributed by atoms with Gasteiger partial charge in [-0.1, -0.05) is 0 Å². The lowest BCUT2D eigenvalue weighted by atomic mass is 10.2. The summed E-state index contributed by atoms with van der Waals surface area (Å²) in [4.78, 5) is 9.04. The molecule has 1 unspecified atom stereocenters. The van der Waals surface area contributed by atoms with Gasteiger partial charge in [0.2, 0.25) is 0 Å². The van der Waals surface area contributed by atoms with Crippen LogP contribution < -0.4 is 4.90 Å². The molecule has 0 spiro atoms. The van der Waals surface area contributed by atoms with Gasteiger partial charge in [0.15, 0.2) is 0 Å². The summed E-state index contributed by atoms with van der Waals surface area (Å²) in [6.45, 7) is 4.22. The van der Waals surface area contributed by atoms with Crippen molar-refractivity contribution in [2.24, 2.45) is 0 Å². The van der Waals surface area contributed by atoms with Crippen LogP contribution in [-0.4, -0.2) is 43.1 Å². The lowest BCUT2D eigenvalue weighted by molar-refractivity contribution is 0.315. The van der Waals surface area contributed by atoms with E-state index < -0.39 is 0 Å². The lowest BCUT2D eigenvalue weighted by Crippen LogP contribution is -2.31. The monoisotopic (exact) mass is 253 g/mol. The molecule has 2 rings (SSSR count). The van der Waals surface area contributed by atoms with Gasteiger partial charge >= 0.3 is 0 Å². The molecule has 1 aliphatic rings. The van der Waals surface area contributed by atoms with Crippen molar-refractivity contribution in [1.29, 1.82) is 0 Å². The Balaban J connectivity index is 2.20. The standard InChI is InChI=1S/C13H20ClN3/c1-10-6-13(11(7-14)8-15-10)17-5-4-12(9-17)16(2)3/h6,8,12H,4-5,7,9H2,1-3H3. The third-order valence-electron chi connectivity index (χ3n) is 3.48. The predicted octanol–water partition coefficient (Wildman–Crippen LogP) is 2.27. The minimum absolute atomic E-state index is 0.533. The van der Waals surface area contributed by atoms with Gasteiger partial charge in [-0.2, -0.15) is 0 Å². The van der Waals surface area contributed by atoms with E-state index in [0.29, 0.717) is 11.9 Å². The first-order chi connectivity index (χ1) is 8.11. The summed E-state index contributed by atoms with van der Waals surface area (Å²) >= 11 is 5.98. The Morgan fingerprint density at radius 1 is 1.53 bits per heavy atom. The Labute approximate surface area is 108 Å². The Morgan fingerprint density at radius 2 is 2.29 bits per heavy atom. The number of anilines is 1. The SMILES string of the molecule is Cc1cc(N2CCC(N(C)C)C2)c(CCl)cn1. The molecule has 0 bridgehead atoms. The fourth-order valence-corrected chi connectivity index (χ4v) is 2.56. The Hall–Kier alpha value is -0.800. The van der Waals surface area contributed by atoms with Crippen molar-refractivity contribution in [2.75, 3.05) is 32.1 Å². The molecule has 4 heteroatoms. The average molecular weight is 254 g/mol. The average Bonchev–Trinajstić information content (AvgIpc) is 2.78. The number of aromatic nitrogens is 1. The lowest BCUT2D eigenvalue weighted by Gasteiger charge is -2.23. The third kappa shape index (κ3) is 2.72. The molecule has 17 heavy (non-hydrogen) atoms. The molecule has 0 N–H and O–H groups in total.